The molecule has 4 nitrogen and oxygen atoms in total. The standard InChI is InChI=1S/C16H15N3O/c1-11-4-6-14(8-12(11)2)16(20)19(3)15-7-5-13(9-17)10-18-15/h4-8,10H,1-3H3. The maximum atomic E-state index is 12.4. The minimum atomic E-state index is -0.120. The molecule has 0 atom stereocenters. The topological polar surface area (TPSA) is 57.0 Å². The van der Waals surface area contributed by atoms with Crippen molar-refractivity contribution >= 4 is 11.7 Å². The highest BCUT2D eigenvalue weighted by Gasteiger charge is 2.14. The van der Waals surface area contributed by atoms with E-state index in [9.17, 15) is 4.79 Å². The molecule has 1 heterocycles. The van der Waals surface area contributed by atoms with E-state index in [0.29, 0.717) is 16.9 Å². The average Bonchev–Trinajstić information content (AvgIpc) is 2.48. The van der Waals surface area contributed by atoms with Gasteiger partial charge in [0.2, 0.25) is 0 Å². The Bertz CT molecular complexity index is 684. The number of anilines is 1. The third-order valence-electron chi connectivity index (χ3n) is 3.28. The van der Waals surface area contributed by atoms with Gasteiger partial charge in [-0.2, -0.15) is 5.26 Å². The lowest BCUT2D eigenvalue weighted by Crippen LogP contribution is -2.27. The van der Waals surface area contributed by atoms with E-state index in [2.05, 4.69) is 4.98 Å². The van der Waals surface area contributed by atoms with Gasteiger partial charge in [0.05, 0.1) is 5.56 Å². The highest BCUT2D eigenvalue weighted by molar-refractivity contribution is 6.05. The zero-order valence-electron chi connectivity index (χ0n) is 11.7. The first-order valence-electron chi connectivity index (χ1n) is 6.24. The number of carbonyl (C=O) groups is 1. The number of carbonyl (C=O) groups excluding carboxylic acids is 1. The van der Waals surface area contributed by atoms with Crippen LogP contribution in [0.1, 0.15) is 27.0 Å². The molecule has 0 aliphatic rings. The molecular weight excluding hydrogens is 250 g/mol. The maximum Gasteiger partial charge on any atom is 0.259 e. The molecule has 2 rings (SSSR count). The zero-order chi connectivity index (χ0) is 14.7. The second-order valence-electron chi connectivity index (χ2n) is 4.68. The minimum absolute atomic E-state index is 0.120. The number of nitriles is 1. The summed E-state index contributed by atoms with van der Waals surface area (Å²) in [6.45, 7) is 3.99. The van der Waals surface area contributed by atoms with Gasteiger partial charge in [-0.05, 0) is 49.2 Å². The van der Waals surface area contributed by atoms with Crippen molar-refractivity contribution in [3.05, 3.63) is 58.8 Å². The molecule has 0 fully saturated rings. The van der Waals surface area contributed by atoms with Gasteiger partial charge in [0.15, 0.2) is 0 Å². The minimum Gasteiger partial charge on any atom is -0.296 e. The van der Waals surface area contributed by atoms with Crippen molar-refractivity contribution in [1.82, 2.24) is 4.98 Å². The number of hydrogen-bond donors (Lipinski definition) is 0. The van der Waals surface area contributed by atoms with Crippen molar-refractivity contribution in [3.8, 4) is 6.07 Å². The quantitative estimate of drug-likeness (QED) is 0.839. The van der Waals surface area contributed by atoms with Gasteiger partial charge in [0.25, 0.3) is 5.91 Å². The molecule has 2 aromatic rings. The average molecular weight is 265 g/mol. The number of aryl methyl sites for hydroxylation is 2. The van der Waals surface area contributed by atoms with Crippen LogP contribution in [-0.4, -0.2) is 17.9 Å². The lowest BCUT2D eigenvalue weighted by atomic mass is 10.1. The third kappa shape index (κ3) is 2.67. The Kier molecular flexibility index (Phi) is 3.81. The van der Waals surface area contributed by atoms with Crippen LogP contribution < -0.4 is 4.90 Å². The normalized spacial score (nSPS) is 9.90. The van der Waals surface area contributed by atoms with E-state index in [1.54, 1.807) is 19.2 Å². The van der Waals surface area contributed by atoms with Gasteiger partial charge in [-0.3, -0.25) is 9.69 Å². The molecule has 1 amide bonds. The highest BCUT2D eigenvalue weighted by atomic mass is 16.2. The fourth-order valence-corrected chi connectivity index (χ4v) is 1.82. The first-order chi connectivity index (χ1) is 9.52. The predicted octanol–water partition coefficient (Wildman–Crippen LogP) is 2.85. The number of hydrogen-bond acceptors (Lipinski definition) is 3. The van der Waals surface area contributed by atoms with Crippen molar-refractivity contribution < 1.29 is 4.79 Å². The van der Waals surface area contributed by atoms with Crippen LogP contribution in [0.4, 0.5) is 5.82 Å². The molecule has 4 heteroatoms. The van der Waals surface area contributed by atoms with Gasteiger partial charge in [-0.1, -0.05) is 6.07 Å². The van der Waals surface area contributed by atoms with Crippen LogP contribution in [-0.2, 0) is 0 Å². The van der Waals surface area contributed by atoms with E-state index in [4.69, 9.17) is 5.26 Å². The number of amides is 1. The SMILES string of the molecule is Cc1ccc(C(=O)N(C)c2ccc(C#N)cn2)cc1C. The van der Waals surface area contributed by atoms with Crippen molar-refractivity contribution in [2.75, 3.05) is 11.9 Å². The second kappa shape index (κ2) is 5.54. The summed E-state index contributed by atoms with van der Waals surface area (Å²) in [4.78, 5) is 18.0. The maximum absolute atomic E-state index is 12.4. The number of nitrogens with zero attached hydrogens (tertiary/aromatic N) is 3. The molecule has 20 heavy (non-hydrogen) atoms. The molecule has 0 aliphatic heterocycles. The smallest absolute Gasteiger partial charge is 0.259 e. The van der Waals surface area contributed by atoms with E-state index >= 15 is 0 Å². The molecule has 0 saturated carbocycles. The van der Waals surface area contributed by atoms with Crippen LogP contribution in [0.25, 0.3) is 0 Å². The summed E-state index contributed by atoms with van der Waals surface area (Å²) < 4.78 is 0. The zero-order valence-corrected chi connectivity index (χ0v) is 11.7. The van der Waals surface area contributed by atoms with Crippen LogP contribution in [0.5, 0.6) is 0 Å². The van der Waals surface area contributed by atoms with Gasteiger partial charge in [-0.25, -0.2) is 4.98 Å². The van der Waals surface area contributed by atoms with Crippen LogP contribution >= 0.6 is 0 Å². The van der Waals surface area contributed by atoms with Gasteiger partial charge < -0.3 is 0 Å². The summed E-state index contributed by atoms with van der Waals surface area (Å²) in [5.41, 5.74) is 3.33. The van der Waals surface area contributed by atoms with E-state index in [1.165, 1.54) is 11.1 Å². The van der Waals surface area contributed by atoms with Crippen LogP contribution in [0.2, 0.25) is 0 Å². The van der Waals surface area contributed by atoms with Crippen molar-refractivity contribution in [2.45, 2.75) is 13.8 Å². The first-order valence-corrected chi connectivity index (χ1v) is 6.24. The molecule has 0 saturated heterocycles. The molecule has 0 spiro atoms. The van der Waals surface area contributed by atoms with E-state index in [0.717, 1.165) is 11.1 Å². The number of pyridine rings is 1. The van der Waals surface area contributed by atoms with Gasteiger partial charge >= 0.3 is 0 Å². The molecule has 0 N–H and O–H groups in total. The summed E-state index contributed by atoms with van der Waals surface area (Å²) in [6.07, 6.45) is 1.46. The predicted molar refractivity (Wildman–Crippen MR) is 77.6 cm³/mol. The molecule has 1 aromatic carbocycles. The fourth-order valence-electron chi connectivity index (χ4n) is 1.82. The summed E-state index contributed by atoms with van der Waals surface area (Å²) in [7, 11) is 1.67. The van der Waals surface area contributed by atoms with Crippen molar-refractivity contribution in [3.63, 3.8) is 0 Å². The second-order valence-corrected chi connectivity index (χ2v) is 4.68. The van der Waals surface area contributed by atoms with E-state index in [-0.39, 0.29) is 5.91 Å². The van der Waals surface area contributed by atoms with Crippen molar-refractivity contribution in [1.29, 1.82) is 5.26 Å². The Labute approximate surface area is 118 Å². The lowest BCUT2D eigenvalue weighted by Gasteiger charge is -2.16. The Morgan fingerprint density at radius 3 is 2.50 bits per heavy atom. The molecular formula is C16H15N3O. The van der Waals surface area contributed by atoms with Gasteiger partial charge in [0.1, 0.15) is 11.9 Å². The molecule has 0 unspecified atom stereocenters. The lowest BCUT2D eigenvalue weighted by molar-refractivity contribution is 0.0992. The summed E-state index contributed by atoms with van der Waals surface area (Å²) in [5.74, 6) is 0.400. The summed E-state index contributed by atoms with van der Waals surface area (Å²) in [6, 6.07) is 10.9. The summed E-state index contributed by atoms with van der Waals surface area (Å²) in [5, 5.41) is 8.74. The third-order valence-corrected chi connectivity index (χ3v) is 3.28. The van der Waals surface area contributed by atoms with Crippen molar-refractivity contribution in [2.24, 2.45) is 0 Å². The van der Waals surface area contributed by atoms with E-state index in [1.807, 2.05) is 38.1 Å². The Balaban J connectivity index is 2.27. The fraction of sp³-hybridized carbons (Fsp3) is 0.188. The Hall–Kier alpha value is -2.67. The van der Waals surface area contributed by atoms with E-state index < -0.39 is 0 Å². The van der Waals surface area contributed by atoms with Crippen LogP contribution in [0, 0.1) is 25.2 Å². The molecule has 1 aromatic heterocycles. The van der Waals surface area contributed by atoms with Gasteiger partial charge in [0, 0.05) is 18.8 Å². The first kappa shape index (κ1) is 13.8. The summed E-state index contributed by atoms with van der Waals surface area (Å²) >= 11 is 0. The van der Waals surface area contributed by atoms with Crippen LogP contribution in [0.3, 0.4) is 0 Å². The Morgan fingerprint density at radius 2 is 1.95 bits per heavy atom. The monoisotopic (exact) mass is 265 g/mol. The molecule has 0 radical (unpaired) electrons. The number of benzene rings is 1. The largest absolute Gasteiger partial charge is 0.296 e. The molecule has 0 bridgehead atoms. The highest BCUT2D eigenvalue weighted by Crippen LogP contribution is 2.15. The Morgan fingerprint density at radius 1 is 1.20 bits per heavy atom. The number of aromatic nitrogens is 1. The molecule has 100 valence electrons. The van der Waals surface area contributed by atoms with Gasteiger partial charge in [-0.15, -0.1) is 0 Å². The van der Waals surface area contributed by atoms with Crippen LogP contribution in [0.15, 0.2) is 36.5 Å². The number of rotatable bonds is 2. The molecule has 0 aliphatic carbocycles.